The molecule has 0 amide bonds. The van der Waals surface area contributed by atoms with Crippen molar-refractivity contribution in [2.24, 2.45) is 13.0 Å². The van der Waals surface area contributed by atoms with E-state index in [2.05, 4.69) is 17.3 Å². The summed E-state index contributed by atoms with van der Waals surface area (Å²) in [5.74, 6) is 0.857. The maximum Gasteiger partial charge on any atom is 0.0850 e. The van der Waals surface area contributed by atoms with Crippen molar-refractivity contribution in [2.45, 2.75) is 51.0 Å². The Hall–Kier alpha value is -0.540. The van der Waals surface area contributed by atoms with E-state index in [9.17, 15) is 0 Å². The third-order valence-electron chi connectivity index (χ3n) is 4.62. The average molecular weight is 268 g/mol. The predicted molar refractivity (Wildman–Crippen MR) is 74.0 cm³/mol. The molecule has 18 heavy (non-hydrogen) atoms. The fraction of sp³-hybridized carbons (Fsp3) is 0.786. The molecule has 1 saturated carbocycles. The van der Waals surface area contributed by atoms with Gasteiger partial charge in [0, 0.05) is 19.0 Å². The second-order valence-electron chi connectivity index (χ2n) is 5.82. The van der Waals surface area contributed by atoms with Crippen molar-refractivity contribution in [1.29, 1.82) is 0 Å². The van der Waals surface area contributed by atoms with E-state index in [4.69, 9.17) is 11.6 Å². The third kappa shape index (κ3) is 1.97. The second-order valence-corrected chi connectivity index (χ2v) is 6.20. The molecule has 0 bridgehead atoms. The minimum absolute atomic E-state index is 0.308. The molecule has 2 aliphatic rings. The number of aryl methyl sites for hydroxylation is 2. The molecule has 1 aliphatic heterocycles. The molecule has 1 aliphatic carbocycles. The quantitative estimate of drug-likeness (QED) is 0.909. The third-order valence-corrected chi connectivity index (χ3v) is 5.06. The summed E-state index contributed by atoms with van der Waals surface area (Å²) >= 11 is 6.48. The Bertz CT molecular complexity index is 442. The van der Waals surface area contributed by atoms with Crippen molar-refractivity contribution in [3.8, 4) is 0 Å². The zero-order valence-corrected chi connectivity index (χ0v) is 12.1. The molecule has 0 radical (unpaired) electrons. The number of hydrogen-bond acceptors (Lipinski definition) is 2. The van der Waals surface area contributed by atoms with Crippen molar-refractivity contribution in [3.63, 3.8) is 0 Å². The van der Waals surface area contributed by atoms with Crippen molar-refractivity contribution in [3.05, 3.63) is 16.4 Å². The number of rotatable bonds is 4. The van der Waals surface area contributed by atoms with E-state index in [1.807, 2.05) is 11.7 Å². The first kappa shape index (κ1) is 12.5. The molecule has 0 aromatic carbocycles. The van der Waals surface area contributed by atoms with E-state index in [0.29, 0.717) is 5.54 Å². The number of hydrogen-bond donors (Lipinski definition) is 1. The molecule has 4 heteroatoms. The summed E-state index contributed by atoms with van der Waals surface area (Å²) < 4.78 is 1.99. The van der Waals surface area contributed by atoms with E-state index >= 15 is 0 Å². The van der Waals surface area contributed by atoms with Gasteiger partial charge in [-0.1, -0.05) is 18.5 Å². The maximum atomic E-state index is 6.48. The second kappa shape index (κ2) is 4.53. The lowest BCUT2D eigenvalue weighted by Crippen LogP contribution is -2.44. The topological polar surface area (TPSA) is 29.9 Å². The highest BCUT2D eigenvalue weighted by molar-refractivity contribution is 6.31. The van der Waals surface area contributed by atoms with Crippen LogP contribution in [0.5, 0.6) is 0 Å². The smallest absolute Gasteiger partial charge is 0.0850 e. The van der Waals surface area contributed by atoms with Crippen molar-refractivity contribution in [1.82, 2.24) is 15.1 Å². The number of nitrogens with one attached hydrogen (secondary N) is 1. The Morgan fingerprint density at radius 2 is 2.28 bits per heavy atom. The summed E-state index contributed by atoms with van der Waals surface area (Å²) in [7, 11) is 2.02. The van der Waals surface area contributed by atoms with Crippen LogP contribution in [-0.2, 0) is 19.9 Å². The van der Waals surface area contributed by atoms with Gasteiger partial charge in [0.1, 0.15) is 0 Å². The van der Waals surface area contributed by atoms with Crippen molar-refractivity contribution >= 4 is 11.6 Å². The van der Waals surface area contributed by atoms with Gasteiger partial charge in [0.05, 0.1) is 16.4 Å². The van der Waals surface area contributed by atoms with E-state index in [1.165, 1.54) is 31.4 Å². The zero-order valence-electron chi connectivity index (χ0n) is 11.3. The van der Waals surface area contributed by atoms with Crippen LogP contribution in [0.25, 0.3) is 0 Å². The Balaban J connectivity index is 1.89. The zero-order chi connectivity index (χ0) is 12.8. The summed E-state index contributed by atoms with van der Waals surface area (Å²) in [6.07, 6.45) is 7.30. The van der Waals surface area contributed by atoms with Crippen LogP contribution in [0.15, 0.2) is 0 Å². The maximum absolute atomic E-state index is 6.48. The lowest BCUT2D eigenvalue weighted by atomic mass is 9.86. The minimum atomic E-state index is 0.308. The van der Waals surface area contributed by atoms with Crippen LogP contribution in [0.3, 0.4) is 0 Å². The predicted octanol–water partition coefficient (Wildman–Crippen LogP) is 2.71. The molecule has 1 N–H and O–H groups in total. The van der Waals surface area contributed by atoms with E-state index < -0.39 is 0 Å². The minimum Gasteiger partial charge on any atom is -0.311 e. The first-order valence-electron chi connectivity index (χ1n) is 7.11. The van der Waals surface area contributed by atoms with Gasteiger partial charge in [0.25, 0.3) is 0 Å². The lowest BCUT2D eigenvalue weighted by Gasteiger charge is -2.30. The molecule has 100 valence electrons. The van der Waals surface area contributed by atoms with E-state index in [-0.39, 0.29) is 0 Å². The molecule has 0 spiro atoms. The number of nitrogens with zero attached hydrogens (tertiary/aromatic N) is 2. The lowest BCUT2D eigenvalue weighted by molar-refractivity contribution is 0.316. The fourth-order valence-corrected chi connectivity index (χ4v) is 3.78. The molecule has 2 heterocycles. The van der Waals surface area contributed by atoms with Crippen molar-refractivity contribution in [2.75, 3.05) is 6.54 Å². The van der Waals surface area contributed by atoms with Crippen LogP contribution in [0.1, 0.15) is 44.0 Å². The van der Waals surface area contributed by atoms with Crippen LogP contribution in [0, 0.1) is 5.92 Å². The molecule has 3 rings (SSSR count). The molecule has 1 atom stereocenters. The highest BCUT2D eigenvalue weighted by Gasteiger charge is 2.47. The summed E-state index contributed by atoms with van der Waals surface area (Å²) in [6.45, 7) is 3.27. The average Bonchev–Trinajstić information content (AvgIpc) is 3.07. The molecule has 2 fully saturated rings. The van der Waals surface area contributed by atoms with Gasteiger partial charge in [-0.3, -0.25) is 4.68 Å². The largest absolute Gasteiger partial charge is 0.311 e. The monoisotopic (exact) mass is 267 g/mol. The molecule has 1 unspecified atom stereocenters. The Kier molecular flexibility index (Phi) is 3.15. The molecule has 1 aromatic heterocycles. The van der Waals surface area contributed by atoms with Crippen LogP contribution in [0.4, 0.5) is 0 Å². The fourth-order valence-electron chi connectivity index (χ4n) is 3.42. The SMILES string of the molecule is CCc1nn(C)c(CC2(C3CC3)CCCN2)c1Cl. The first-order valence-corrected chi connectivity index (χ1v) is 7.49. The molecule has 1 aromatic rings. The van der Waals surface area contributed by atoms with Crippen LogP contribution < -0.4 is 5.32 Å². The van der Waals surface area contributed by atoms with Gasteiger partial charge in [-0.05, 0) is 44.6 Å². The molecule has 1 saturated heterocycles. The van der Waals surface area contributed by atoms with Gasteiger partial charge in [0.15, 0.2) is 0 Å². The summed E-state index contributed by atoms with van der Waals surface area (Å²) in [4.78, 5) is 0. The van der Waals surface area contributed by atoms with Gasteiger partial charge in [-0.25, -0.2) is 0 Å². The summed E-state index contributed by atoms with van der Waals surface area (Å²) in [5.41, 5.74) is 2.57. The normalized spacial score (nSPS) is 27.9. The van der Waals surface area contributed by atoms with Gasteiger partial charge in [-0.2, -0.15) is 5.10 Å². The van der Waals surface area contributed by atoms with Crippen molar-refractivity contribution < 1.29 is 0 Å². The summed E-state index contributed by atoms with van der Waals surface area (Å²) in [6, 6.07) is 0. The molecular weight excluding hydrogens is 246 g/mol. The summed E-state index contributed by atoms with van der Waals surface area (Å²) in [5, 5.41) is 9.20. The van der Waals surface area contributed by atoms with E-state index in [0.717, 1.165) is 36.0 Å². The highest BCUT2D eigenvalue weighted by Crippen LogP contribution is 2.46. The molecule has 3 nitrogen and oxygen atoms in total. The van der Waals surface area contributed by atoms with Crippen LogP contribution in [0.2, 0.25) is 5.02 Å². The molecular formula is C14H22ClN3. The van der Waals surface area contributed by atoms with Gasteiger partial charge < -0.3 is 5.32 Å². The van der Waals surface area contributed by atoms with Gasteiger partial charge in [0.2, 0.25) is 0 Å². The Morgan fingerprint density at radius 3 is 2.78 bits per heavy atom. The van der Waals surface area contributed by atoms with Gasteiger partial charge in [-0.15, -0.1) is 0 Å². The van der Waals surface area contributed by atoms with Crippen LogP contribution >= 0.6 is 11.6 Å². The van der Waals surface area contributed by atoms with E-state index in [1.54, 1.807) is 0 Å². The van der Waals surface area contributed by atoms with Crippen LogP contribution in [-0.4, -0.2) is 21.9 Å². The Morgan fingerprint density at radius 1 is 1.50 bits per heavy atom. The number of aromatic nitrogens is 2. The first-order chi connectivity index (χ1) is 8.66. The number of halogens is 1. The standard InChI is InChI=1S/C14H22ClN3/c1-3-11-13(15)12(18(2)17-11)9-14(10-5-6-10)7-4-8-16-14/h10,16H,3-9H2,1-2H3. The van der Waals surface area contributed by atoms with Gasteiger partial charge >= 0.3 is 0 Å². The highest BCUT2D eigenvalue weighted by atomic mass is 35.5. The Labute approximate surface area is 114 Å².